The Labute approximate surface area is 96.7 Å². The summed E-state index contributed by atoms with van der Waals surface area (Å²) in [6.07, 6.45) is 1.43. The van der Waals surface area contributed by atoms with Crippen molar-refractivity contribution in [1.82, 2.24) is 4.57 Å². The quantitative estimate of drug-likeness (QED) is 0.793. The van der Waals surface area contributed by atoms with E-state index in [2.05, 4.69) is 0 Å². The van der Waals surface area contributed by atoms with E-state index in [1.54, 1.807) is 18.2 Å². The Morgan fingerprint density at radius 3 is 2.65 bits per heavy atom. The van der Waals surface area contributed by atoms with Gasteiger partial charge in [-0.1, -0.05) is 6.07 Å². The van der Waals surface area contributed by atoms with Crippen molar-refractivity contribution in [3.05, 3.63) is 58.5 Å². The Bertz CT molecular complexity index is 632. The summed E-state index contributed by atoms with van der Waals surface area (Å²) in [7, 11) is 0. The molecule has 0 atom stereocenters. The molecule has 0 aliphatic heterocycles. The zero-order chi connectivity index (χ0) is 12.4. The molecule has 1 aromatic carbocycles. The van der Waals surface area contributed by atoms with Gasteiger partial charge in [0.2, 0.25) is 5.91 Å². The lowest BCUT2D eigenvalue weighted by Crippen LogP contribution is -2.17. The number of nitrogens with two attached hydrogens (primary N) is 1. The highest BCUT2D eigenvalue weighted by atomic mass is 16.3. The molecule has 0 saturated heterocycles. The molecule has 0 saturated carbocycles. The van der Waals surface area contributed by atoms with Crippen LogP contribution in [0.15, 0.2) is 47.4 Å². The zero-order valence-electron chi connectivity index (χ0n) is 8.83. The predicted octanol–water partition coefficient (Wildman–Crippen LogP) is 0.642. The van der Waals surface area contributed by atoms with Crippen molar-refractivity contribution in [3.63, 3.8) is 0 Å². The van der Waals surface area contributed by atoms with Crippen molar-refractivity contribution < 1.29 is 9.90 Å². The summed E-state index contributed by atoms with van der Waals surface area (Å²) in [6.45, 7) is 0. The fraction of sp³-hybridized carbons (Fsp3) is 0. The third-order valence-electron chi connectivity index (χ3n) is 2.31. The Morgan fingerprint density at radius 2 is 2.00 bits per heavy atom. The highest BCUT2D eigenvalue weighted by molar-refractivity contribution is 5.93. The van der Waals surface area contributed by atoms with Crippen molar-refractivity contribution in [2.75, 3.05) is 0 Å². The predicted molar refractivity (Wildman–Crippen MR) is 62.2 cm³/mol. The maximum absolute atomic E-state index is 11.6. The molecule has 2 aromatic rings. The van der Waals surface area contributed by atoms with Crippen LogP contribution in [0.25, 0.3) is 5.69 Å². The van der Waals surface area contributed by atoms with Crippen LogP contribution < -0.4 is 11.3 Å². The van der Waals surface area contributed by atoms with E-state index in [0.717, 1.165) is 6.07 Å². The van der Waals surface area contributed by atoms with E-state index in [9.17, 15) is 9.59 Å². The van der Waals surface area contributed by atoms with E-state index < -0.39 is 5.91 Å². The number of hydrogen-bond donors (Lipinski definition) is 2. The second kappa shape index (κ2) is 4.13. The lowest BCUT2D eigenvalue weighted by Gasteiger charge is -2.06. The minimum atomic E-state index is -0.557. The van der Waals surface area contributed by atoms with E-state index in [1.165, 1.54) is 22.9 Å². The summed E-state index contributed by atoms with van der Waals surface area (Å²) in [5.41, 5.74) is 5.62. The van der Waals surface area contributed by atoms with Crippen LogP contribution in [-0.2, 0) is 0 Å². The molecule has 5 nitrogen and oxygen atoms in total. The smallest absolute Gasteiger partial charge is 0.258 e. The maximum Gasteiger partial charge on any atom is 0.258 e. The monoisotopic (exact) mass is 230 g/mol. The first kappa shape index (κ1) is 10.9. The van der Waals surface area contributed by atoms with E-state index >= 15 is 0 Å². The number of carbonyl (C=O) groups is 1. The molecule has 0 radical (unpaired) electrons. The van der Waals surface area contributed by atoms with Gasteiger partial charge in [-0.3, -0.25) is 14.2 Å². The number of aromatic nitrogens is 1. The summed E-state index contributed by atoms with van der Waals surface area (Å²) < 4.78 is 1.31. The summed E-state index contributed by atoms with van der Waals surface area (Å²) in [5.74, 6) is -0.656. The van der Waals surface area contributed by atoms with Crippen molar-refractivity contribution >= 4 is 5.91 Å². The van der Waals surface area contributed by atoms with Crippen LogP contribution in [0.3, 0.4) is 0 Å². The van der Waals surface area contributed by atoms with Crippen LogP contribution in [0.2, 0.25) is 0 Å². The number of rotatable bonds is 2. The lowest BCUT2D eigenvalue weighted by molar-refractivity contribution is 0.100. The normalized spacial score (nSPS) is 10.1. The highest BCUT2D eigenvalue weighted by Gasteiger charge is 2.04. The van der Waals surface area contributed by atoms with Crippen molar-refractivity contribution in [3.8, 4) is 11.4 Å². The SMILES string of the molecule is NC(=O)c1cccc(-n2ccc(O)cc2=O)c1. The van der Waals surface area contributed by atoms with Gasteiger partial charge in [0.1, 0.15) is 5.75 Å². The van der Waals surface area contributed by atoms with Crippen LogP contribution >= 0.6 is 0 Å². The van der Waals surface area contributed by atoms with Gasteiger partial charge in [-0.15, -0.1) is 0 Å². The second-order valence-electron chi connectivity index (χ2n) is 3.51. The minimum absolute atomic E-state index is 0.0997. The number of aromatic hydroxyl groups is 1. The van der Waals surface area contributed by atoms with Gasteiger partial charge in [0.05, 0.1) is 0 Å². The first-order valence-corrected chi connectivity index (χ1v) is 4.90. The first-order valence-electron chi connectivity index (χ1n) is 4.90. The molecule has 1 amide bonds. The van der Waals surface area contributed by atoms with Gasteiger partial charge in [0.25, 0.3) is 5.56 Å². The fourth-order valence-electron chi connectivity index (χ4n) is 1.49. The molecule has 86 valence electrons. The molecular weight excluding hydrogens is 220 g/mol. The Morgan fingerprint density at radius 1 is 1.24 bits per heavy atom. The molecule has 1 heterocycles. The number of benzene rings is 1. The Kier molecular flexibility index (Phi) is 2.66. The van der Waals surface area contributed by atoms with E-state index in [4.69, 9.17) is 10.8 Å². The topological polar surface area (TPSA) is 85.3 Å². The molecule has 0 aliphatic rings. The van der Waals surface area contributed by atoms with Crippen molar-refractivity contribution in [2.24, 2.45) is 5.73 Å². The summed E-state index contributed by atoms with van der Waals surface area (Å²) in [4.78, 5) is 22.6. The third kappa shape index (κ3) is 2.17. The van der Waals surface area contributed by atoms with Crippen molar-refractivity contribution in [1.29, 1.82) is 0 Å². The van der Waals surface area contributed by atoms with Crippen molar-refractivity contribution in [2.45, 2.75) is 0 Å². The summed E-state index contributed by atoms with van der Waals surface area (Å²) in [5, 5.41) is 9.14. The third-order valence-corrected chi connectivity index (χ3v) is 2.31. The fourth-order valence-corrected chi connectivity index (χ4v) is 1.49. The molecule has 0 aliphatic carbocycles. The molecule has 0 unspecified atom stereocenters. The Hall–Kier alpha value is -2.56. The molecule has 2 rings (SSSR count). The van der Waals surface area contributed by atoms with Gasteiger partial charge >= 0.3 is 0 Å². The molecule has 17 heavy (non-hydrogen) atoms. The van der Waals surface area contributed by atoms with Crippen LogP contribution in [0.5, 0.6) is 5.75 Å². The molecule has 0 fully saturated rings. The largest absolute Gasteiger partial charge is 0.508 e. The van der Waals surface area contributed by atoms with Gasteiger partial charge in [-0.05, 0) is 24.3 Å². The standard InChI is InChI=1S/C12H10N2O3/c13-12(17)8-2-1-3-9(6-8)14-5-4-10(15)7-11(14)16/h1-7,15H,(H2,13,17). The van der Waals surface area contributed by atoms with E-state index in [-0.39, 0.29) is 11.3 Å². The van der Waals surface area contributed by atoms with Crippen LogP contribution in [0, 0.1) is 0 Å². The van der Waals surface area contributed by atoms with Gasteiger partial charge in [0, 0.05) is 23.5 Å². The van der Waals surface area contributed by atoms with Crippen LogP contribution in [0.4, 0.5) is 0 Å². The molecule has 3 N–H and O–H groups in total. The van der Waals surface area contributed by atoms with Gasteiger partial charge in [-0.25, -0.2) is 0 Å². The van der Waals surface area contributed by atoms with Gasteiger partial charge in [0.15, 0.2) is 0 Å². The molecule has 0 spiro atoms. The number of carbonyl (C=O) groups excluding carboxylic acids is 1. The number of hydrogen-bond acceptors (Lipinski definition) is 3. The second-order valence-corrected chi connectivity index (χ2v) is 3.51. The first-order chi connectivity index (χ1) is 8.08. The van der Waals surface area contributed by atoms with Gasteiger partial charge < -0.3 is 10.8 Å². The Balaban J connectivity index is 2.57. The van der Waals surface area contributed by atoms with E-state index in [1.807, 2.05) is 0 Å². The highest BCUT2D eigenvalue weighted by Crippen LogP contribution is 2.10. The number of primary amides is 1. The number of nitrogens with zero attached hydrogens (tertiary/aromatic N) is 1. The average molecular weight is 230 g/mol. The van der Waals surface area contributed by atoms with Crippen LogP contribution in [0.1, 0.15) is 10.4 Å². The van der Waals surface area contributed by atoms with E-state index in [0.29, 0.717) is 11.3 Å². The molecule has 5 heteroatoms. The van der Waals surface area contributed by atoms with Gasteiger partial charge in [-0.2, -0.15) is 0 Å². The van der Waals surface area contributed by atoms with Crippen LogP contribution in [-0.4, -0.2) is 15.6 Å². The minimum Gasteiger partial charge on any atom is -0.508 e. The maximum atomic E-state index is 11.6. The lowest BCUT2D eigenvalue weighted by atomic mass is 10.2. The summed E-state index contributed by atoms with van der Waals surface area (Å²) >= 11 is 0. The average Bonchev–Trinajstić information content (AvgIpc) is 2.29. The zero-order valence-corrected chi connectivity index (χ0v) is 8.83. The summed E-state index contributed by atoms with van der Waals surface area (Å²) in [6, 6.07) is 8.87. The number of amides is 1. The molecule has 1 aromatic heterocycles. The number of pyridine rings is 1. The molecular formula is C12H10N2O3. The molecule has 0 bridgehead atoms.